The summed E-state index contributed by atoms with van der Waals surface area (Å²) in [5.41, 5.74) is 1.45. The van der Waals surface area contributed by atoms with Gasteiger partial charge >= 0.3 is 0 Å². The molecule has 1 heterocycles. The van der Waals surface area contributed by atoms with E-state index in [0.29, 0.717) is 29.4 Å². The lowest BCUT2D eigenvalue weighted by Gasteiger charge is -2.19. The quantitative estimate of drug-likeness (QED) is 0.849. The number of nitrogens with zero attached hydrogens (tertiary/aromatic N) is 1. The Balaban J connectivity index is 2.22. The van der Waals surface area contributed by atoms with Gasteiger partial charge in [0.2, 0.25) is 0 Å². The predicted octanol–water partition coefficient (Wildman–Crippen LogP) is 2.88. The zero-order valence-electron chi connectivity index (χ0n) is 12.7. The third-order valence-corrected chi connectivity index (χ3v) is 3.33. The normalized spacial score (nSPS) is 10.3. The van der Waals surface area contributed by atoms with Crippen molar-refractivity contribution in [2.75, 3.05) is 21.3 Å². The van der Waals surface area contributed by atoms with Gasteiger partial charge in [0.25, 0.3) is 5.91 Å². The Bertz CT molecular complexity index is 633. The van der Waals surface area contributed by atoms with Gasteiger partial charge in [0, 0.05) is 19.2 Å². The minimum Gasteiger partial charge on any atom is -0.493 e. The molecule has 0 saturated carbocycles. The van der Waals surface area contributed by atoms with Gasteiger partial charge < -0.3 is 18.8 Å². The number of ether oxygens (including phenoxy) is 2. The molecule has 0 aliphatic carbocycles. The van der Waals surface area contributed by atoms with Crippen molar-refractivity contribution in [3.8, 4) is 11.5 Å². The number of rotatable bonds is 5. The number of carbonyl (C=O) groups excluding carboxylic acids is 1. The number of hydrogen-bond donors (Lipinski definition) is 0. The van der Waals surface area contributed by atoms with Crippen LogP contribution in [-0.2, 0) is 6.54 Å². The number of aryl methyl sites for hydroxylation is 1. The van der Waals surface area contributed by atoms with E-state index >= 15 is 0 Å². The first kappa shape index (κ1) is 15.0. The van der Waals surface area contributed by atoms with E-state index in [1.54, 1.807) is 39.2 Å². The van der Waals surface area contributed by atoms with Crippen LogP contribution in [0.1, 0.15) is 21.7 Å². The van der Waals surface area contributed by atoms with Crippen molar-refractivity contribution in [1.29, 1.82) is 0 Å². The number of methoxy groups -OCH3 is 2. The molecule has 1 aromatic carbocycles. The first-order valence-electron chi connectivity index (χ1n) is 6.58. The van der Waals surface area contributed by atoms with Crippen LogP contribution in [0.3, 0.4) is 0 Å². The number of hydrogen-bond acceptors (Lipinski definition) is 4. The lowest BCUT2D eigenvalue weighted by molar-refractivity contribution is 0.0782. The van der Waals surface area contributed by atoms with Gasteiger partial charge in [-0.25, -0.2) is 0 Å². The van der Waals surface area contributed by atoms with Gasteiger partial charge in [0.1, 0.15) is 5.76 Å². The van der Waals surface area contributed by atoms with Crippen molar-refractivity contribution < 1.29 is 18.7 Å². The largest absolute Gasteiger partial charge is 0.493 e. The standard InChI is InChI=1S/C16H19NO4/c1-11-13(8-9-21-11)16(18)17(2)10-12-6-5-7-14(19-3)15(12)20-4/h5-9H,10H2,1-4H3. The number of carbonyl (C=O) groups is 1. The summed E-state index contributed by atoms with van der Waals surface area (Å²) in [5.74, 6) is 1.81. The molecular weight excluding hydrogens is 270 g/mol. The van der Waals surface area contributed by atoms with Crippen LogP contribution in [-0.4, -0.2) is 32.1 Å². The third kappa shape index (κ3) is 3.02. The van der Waals surface area contributed by atoms with Crippen LogP contribution in [0.15, 0.2) is 34.9 Å². The highest BCUT2D eigenvalue weighted by molar-refractivity contribution is 5.94. The molecule has 1 aromatic heterocycles. The Hall–Kier alpha value is -2.43. The van der Waals surface area contributed by atoms with Crippen molar-refractivity contribution in [2.24, 2.45) is 0 Å². The molecule has 0 N–H and O–H groups in total. The SMILES string of the molecule is COc1cccc(CN(C)C(=O)c2ccoc2C)c1OC. The van der Waals surface area contributed by atoms with Crippen LogP contribution in [0, 0.1) is 6.92 Å². The van der Waals surface area contributed by atoms with E-state index in [0.717, 1.165) is 5.56 Å². The first-order chi connectivity index (χ1) is 10.1. The van der Waals surface area contributed by atoms with Crippen molar-refractivity contribution >= 4 is 5.91 Å². The zero-order chi connectivity index (χ0) is 15.4. The van der Waals surface area contributed by atoms with Crippen LogP contribution in [0.25, 0.3) is 0 Å². The third-order valence-electron chi connectivity index (χ3n) is 3.33. The van der Waals surface area contributed by atoms with Crippen LogP contribution in [0.2, 0.25) is 0 Å². The Morgan fingerprint density at radius 1 is 1.24 bits per heavy atom. The van der Waals surface area contributed by atoms with Gasteiger partial charge in [-0.05, 0) is 19.1 Å². The van der Waals surface area contributed by atoms with Crippen molar-refractivity contribution in [2.45, 2.75) is 13.5 Å². The second-order valence-electron chi connectivity index (χ2n) is 4.70. The molecule has 0 saturated heterocycles. The van der Waals surface area contributed by atoms with E-state index in [9.17, 15) is 4.79 Å². The molecule has 5 nitrogen and oxygen atoms in total. The molecule has 112 valence electrons. The highest BCUT2D eigenvalue weighted by Crippen LogP contribution is 2.31. The molecule has 0 aliphatic rings. The molecule has 0 bridgehead atoms. The summed E-state index contributed by atoms with van der Waals surface area (Å²) in [6, 6.07) is 7.28. The fourth-order valence-electron chi connectivity index (χ4n) is 2.22. The van der Waals surface area contributed by atoms with Gasteiger partial charge in [-0.15, -0.1) is 0 Å². The lowest BCUT2D eigenvalue weighted by atomic mass is 10.1. The number of amides is 1. The first-order valence-corrected chi connectivity index (χ1v) is 6.58. The molecule has 0 atom stereocenters. The molecule has 0 spiro atoms. The lowest BCUT2D eigenvalue weighted by Crippen LogP contribution is -2.26. The Labute approximate surface area is 124 Å². The van der Waals surface area contributed by atoms with E-state index in [1.807, 2.05) is 18.2 Å². The highest BCUT2D eigenvalue weighted by Gasteiger charge is 2.18. The van der Waals surface area contributed by atoms with Crippen molar-refractivity contribution in [3.05, 3.63) is 47.4 Å². The molecule has 21 heavy (non-hydrogen) atoms. The number of benzene rings is 1. The topological polar surface area (TPSA) is 51.9 Å². The van der Waals surface area contributed by atoms with Crippen LogP contribution in [0.5, 0.6) is 11.5 Å². The van der Waals surface area contributed by atoms with Crippen molar-refractivity contribution in [1.82, 2.24) is 4.90 Å². The van der Waals surface area contributed by atoms with Gasteiger partial charge in [0.05, 0.1) is 26.0 Å². The highest BCUT2D eigenvalue weighted by atomic mass is 16.5. The average molecular weight is 289 g/mol. The van der Waals surface area contributed by atoms with Crippen molar-refractivity contribution in [3.63, 3.8) is 0 Å². The van der Waals surface area contributed by atoms with E-state index in [-0.39, 0.29) is 5.91 Å². The van der Waals surface area contributed by atoms with Gasteiger partial charge in [0.15, 0.2) is 11.5 Å². The fourth-order valence-corrected chi connectivity index (χ4v) is 2.22. The Kier molecular flexibility index (Phi) is 4.52. The van der Waals surface area contributed by atoms with Crippen LogP contribution in [0.4, 0.5) is 0 Å². The second-order valence-corrected chi connectivity index (χ2v) is 4.70. The van der Waals surface area contributed by atoms with E-state index < -0.39 is 0 Å². The molecule has 0 unspecified atom stereocenters. The summed E-state index contributed by atoms with van der Waals surface area (Å²) >= 11 is 0. The monoisotopic (exact) mass is 289 g/mol. The van der Waals surface area contributed by atoms with E-state index in [1.165, 1.54) is 6.26 Å². The number of para-hydroxylation sites is 1. The maximum absolute atomic E-state index is 12.4. The molecule has 1 amide bonds. The maximum atomic E-state index is 12.4. The zero-order valence-corrected chi connectivity index (χ0v) is 12.7. The Morgan fingerprint density at radius 2 is 2.00 bits per heavy atom. The maximum Gasteiger partial charge on any atom is 0.257 e. The predicted molar refractivity (Wildman–Crippen MR) is 78.8 cm³/mol. The summed E-state index contributed by atoms with van der Waals surface area (Å²) in [6.45, 7) is 2.19. The van der Waals surface area contributed by atoms with Gasteiger partial charge in [-0.1, -0.05) is 12.1 Å². The molecule has 5 heteroatoms. The molecule has 0 radical (unpaired) electrons. The molecular formula is C16H19NO4. The van der Waals surface area contributed by atoms with E-state index in [2.05, 4.69) is 0 Å². The Morgan fingerprint density at radius 3 is 2.57 bits per heavy atom. The van der Waals surface area contributed by atoms with Gasteiger partial charge in [-0.3, -0.25) is 4.79 Å². The second kappa shape index (κ2) is 6.35. The fraction of sp³-hybridized carbons (Fsp3) is 0.312. The molecule has 2 rings (SSSR count). The minimum atomic E-state index is -0.0916. The van der Waals surface area contributed by atoms with Crippen LogP contribution < -0.4 is 9.47 Å². The average Bonchev–Trinajstić information content (AvgIpc) is 2.92. The van der Waals surface area contributed by atoms with Gasteiger partial charge in [-0.2, -0.15) is 0 Å². The number of furan rings is 1. The molecule has 0 fully saturated rings. The summed E-state index contributed by atoms with van der Waals surface area (Å²) in [7, 11) is 4.92. The summed E-state index contributed by atoms with van der Waals surface area (Å²) < 4.78 is 15.8. The summed E-state index contributed by atoms with van der Waals surface area (Å²) in [5, 5.41) is 0. The molecule has 0 aliphatic heterocycles. The smallest absolute Gasteiger partial charge is 0.257 e. The van der Waals surface area contributed by atoms with E-state index in [4.69, 9.17) is 13.9 Å². The molecule has 2 aromatic rings. The summed E-state index contributed by atoms with van der Waals surface area (Å²) in [6.07, 6.45) is 1.52. The minimum absolute atomic E-state index is 0.0916. The summed E-state index contributed by atoms with van der Waals surface area (Å²) in [4.78, 5) is 14.0. The van der Waals surface area contributed by atoms with Crippen LogP contribution >= 0.6 is 0 Å².